The Balaban J connectivity index is 2.10. The van der Waals surface area contributed by atoms with E-state index in [4.69, 9.17) is 0 Å². The predicted octanol–water partition coefficient (Wildman–Crippen LogP) is 3.07. The second kappa shape index (κ2) is 6.57. The van der Waals surface area contributed by atoms with Gasteiger partial charge in [-0.15, -0.1) is 0 Å². The van der Waals surface area contributed by atoms with Gasteiger partial charge in [-0.05, 0) is 38.2 Å². The van der Waals surface area contributed by atoms with E-state index < -0.39 is 0 Å². The van der Waals surface area contributed by atoms with Gasteiger partial charge in [0.25, 0.3) is 0 Å². The third kappa shape index (κ3) is 3.12. The molecule has 2 rings (SSSR count). The van der Waals surface area contributed by atoms with Gasteiger partial charge in [-0.2, -0.15) is 4.98 Å². The summed E-state index contributed by atoms with van der Waals surface area (Å²) in [7, 11) is 0. The summed E-state index contributed by atoms with van der Waals surface area (Å²) in [6, 6.07) is 2.68. The third-order valence-corrected chi connectivity index (χ3v) is 3.57. The van der Waals surface area contributed by atoms with E-state index in [2.05, 4.69) is 34.0 Å². The van der Waals surface area contributed by atoms with Crippen LogP contribution in [0.25, 0.3) is 0 Å². The van der Waals surface area contributed by atoms with Gasteiger partial charge < -0.3 is 10.2 Å². The van der Waals surface area contributed by atoms with Crippen LogP contribution in [-0.4, -0.2) is 29.1 Å². The van der Waals surface area contributed by atoms with Crippen LogP contribution in [0.1, 0.15) is 46.0 Å². The van der Waals surface area contributed by atoms with Gasteiger partial charge in [0.1, 0.15) is 5.82 Å². The van der Waals surface area contributed by atoms with Crippen molar-refractivity contribution in [1.29, 1.82) is 0 Å². The summed E-state index contributed by atoms with van der Waals surface area (Å²) < 4.78 is 0. The first-order valence-corrected chi connectivity index (χ1v) is 7.18. The number of hydrogen-bond acceptors (Lipinski definition) is 4. The molecule has 1 aromatic heterocycles. The number of anilines is 2. The Bertz CT molecular complexity index is 367. The molecular weight excluding hydrogens is 224 g/mol. The highest BCUT2D eigenvalue weighted by Gasteiger charge is 2.22. The normalized spacial score (nSPS) is 19.9. The minimum Gasteiger partial charge on any atom is -0.354 e. The fourth-order valence-electron chi connectivity index (χ4n) is 2.56. The largest absolute Gasteiger partial charge is 0.354 e. The lowest BCUT2D eigenvalue weighted by molar-refractivity contribution is 0.447. The average Bonchev–Trinajstić information content (AvgIpc) is 2.45. The molecule has 4 heteroatoms. The molecule has 0 spiro atoms. The van der Waals surface area contributed by atoms with Crippen molar-refractivity contribution in [1.82, 2.24) is 9.97 Å². The van der Waals surface area contributed by atoms with Gasteiger partial charge in [-0.3, -0.25) is 0 Å². The summed E-state index contributed by atoms with van der Waals surface area (Å²) in [5, 5.41) is 3.26. The molecule has 1 aromatic rings. The molecule has 1 unspecified atom stereocenters. The highest BCUT2D eigenvalue weighted by molar-refractivity contribution is 5.43. The molecule has 1 aliphatic rings. The molecule has 0 saturated carbocycles. The fraction of sp³-hybridized carbons (Fsp3) is 0.714. The molecule has 1 aliphatic heterocycles. The van der Waals surface area contributed by atoms with Crippen molar-refractivity contribution in [2.75, 3.05) is 23.3 Å². The maximum Gasteiger partial charge on any atom is 0.224 e. The van der Waals surface area contributed by atoms with Gasteiger partial charge in [0.15, 0.2) is 0 Å². The number of nitrogens with zero attached hydrogens (tertiary/aromatic N) is 3. The Kier molecular flexibility index (Phi) is 4.79. The minimum atomic E-state index is 0.646. The van der Waals surface area contributed by atoms with Gasteiger partial charge in [0.05, 0.1) is 0 Å². The highest BCUT2D eigenvalue weighted by Crippen LogP contribution is 2.25. The van der Waals surface area contributed by atoms with Crippen LogP contribution < -0.4 is 10.2 Å². The molecule has 0 aliphatic carbocycles. The number of piperidine rings is 1. The van der Waals surface area contributed by atoms with E-state index in [-0.39, 0.29) is 0 Å². The van der Waals surface area contributed by atoms with Crippen LogP contribution in [0.5, 0.6) is 0 Å². The standard InChI is InChI=1S/C14H24N4/c1-3-9-15-14-16-10-8-13(17-14)18-11-6-5-7-12(18)4-2/h8,10,12H,3-7,9,11H2,1-2H3,(H,15,16,17). The monoisotopic (exact) mass is 248 g/mol. The second-order valence-electron chi connectivity index (χ2n) is 4.92. The SMILES string of the molecule is CCCNc1nccc(N2CCCCC2CC)n1. The quantitative estimate of drug-likeness (QED) is 0.869. The van der Waals surface area contributed by atoms with Crippen molar-refractivity contribution in [3.8, 4) is 0 Å². The topological polar surface area (TPSA) is 41.1 Å². The van der Waals surface area contributed by atoms with Crippen molar-refractivity contribution in [2.24, 2.45) is 0 Å². The molecule has 1 saturated heterocycles. The molecular formula is C14H24N4. The zero-order valence-electron chi connectivity index (χ0n) is 11.5. The van der Waals surface area contributed by atoms with Gasteiger partial charge in [-0.25, -0.2) is 4.98 Å². The Morgan fingerprint density at radius 2 is 2.28 bits per heavy atom. The lowest BCUT2D eigenvalue weighted by Crippen LogP contribution is -2.39. The molecule has 0 bridgehead atoms. The molecule has 1 atom stereocenters. The minimum absolute atomic E-state index is 0.646. The zero-order valence-corrected chi connectivity index (χ0v) is 11.5. The van der Waals surface area contributed by atoms with Gasteiger partial charge in [0, 0.05) is 25.3 Å². The van der Waals surface area contributed by atoms with Crippen molar-refractivity contribution >= 4 is 11.8 Å². The molecule has 1 fully saturated rings. The van der Waals surface area contributed by atoms with Crippen LogP contribution in [0, 0.1) is 0 Å². The fourth-order valence-corrected chi connectivity index (χ4v) is 2.56. The lowest BCUT2D eigenvalue weighted by atomic mass is 10.0. The van der Waals surface area contributed by atoms with Gasteiger partial charge in [-0.1, -0.05) is 13.8 Å². The number of hydrogen-bond donors (Lipinski definition) is 1. The van der Waals surface area contributed by atoms with Crippen LogP contribution in [0.15, 0.2) is 12.3 Å². The molecule has 4 nitrogen and oxygen atoms in total. The van der Waals surface area contributed by atoms with E-state index >= 15 is 0 Å². The first-order valence-electron chi connectivity index (χ1n) is 7.18. The van der Waals surface area contributed by atoms with Crippen LogP contribution in [0.4, 0.5) is 11.8 Å². The van der Waals surface area contributed by atoms with Crippen molar-refractivity contribution in [3.05, 3.63) is 12.3 Å². The maximum absolute atomic E-state index is 4.64. The molecule has 2 heterocycles. The zero-order chi connectivity index (χ0) is 12.8. The second-order valence-corrected chi connectivity index (χ2v) is 4.92. The molecule has 1 N–H and O–H groups in total. The Morgan fingerprint density at radius 1 is 1.39 bits per heavy atom. The van der Waals surface area contributed by atoms with E-state index in [1.54, 1.807) is 0 Å². The van der Waals surface area contributed by atoms with E-state index in [0.29, 0.717) is 6.04 Å². The summed E-state index contributed by atoms with van der Waals surface area (Å²) in [6.45, 7) is 6.47. The smallest absolute Gasteiger partial charge is 0.224 e. The highest BCUT2D eigenvalue weighted by atomic mass is 15.2. The summed E-state index contributed by atoms with van der Waals surface area (Å²) in [5.41, 5.74) is 0. The van der Waals surface area contributed by atoms with Crippen molar-refractivity contribution in [2.45, 2.75) is 52.0 Å². The van der Waals surface area contributed by atoms with E-state index in [9.17, 15) is 0 Å². The molecule has 0 amide bonds. The molecule has 100 valence electrons. The van der Waals surface area contributed by atoms with E-state index in [1.807, 2.05) is 12.3 Å². The third-order valence-electron chi connectivity index (χ3n) is 3.57. The Hall–Kier alpha value is -1.32. The Labute approximate surface area is 110 Å². The first kappa shape index (κ1) is 13.1. The number of aromatic nitrogens is 2. The van der Waals surface area contributed by atoms with Gasteiger partial charge >= 0.3 is 0 Å². The van der Waals surface area contributed by atoms with E-state index in [0.717, 1.165) is 31.3 Å². The number of nitrogens with one attached hydrogen (secondary N) is 1. The average molecular weight is 248 g/mol. The van der Waals surface area contributed by atoms with Crippen molar-refractivity contribution in [3.63, 3.8) is 0 Å². The van der Waals surface area contributed by atoms with Crippen molar-refractivity contribution < 1.29 is 0 Å². The number of rotatable bonds is 5. The summed E-state index contributed by atoms with van der Waals surface area (Å²) >= 11 is 0. The lowest BCUT2D eigenvalue weighted by Gasteiger charge is -2.36. The summed E-state index contributed by atoms with van der Waals surface area (Å²) in [6.07, 6.45) is 8.07. The van der Waals surface area contributed by atoms with Crippen LogP contribution in [0.3, 0.4) is 0 Å². The summed E-state index contributed by atoms with van der Waals surface area (Å²) in [5.74, 6) is 1.84. The molecule has 0 aromatic carbocycles. The predicted molar refractivity (Wildman–Crippen MR) is 76.1 cm³/mol. The van der Waals surface area contributed by atoms with E-state index in [1.165, 1.54) is 25.7 Å². The van der Waals surface area contributed by atoms with Crippen LogP contribution >= 0.6 is 0 Å². The maximum atomic E-state index is 4.64. The molecule has 18 heavy (non-hydrogen) atoms. The van der Waals surface area contributed by atoms with Gasteiger partial charge in [0.2, 0.25) is 5.95 Å². The van der Waals surface area contributed by atoms with Crippen LogP contribution in [0.2, 0.25) is 0 Å². The first-order chi connectivity index (χ1) is 8.85. The van der Waals surface area contributed by atoms with Crippen LogP contribution in [-0.2, 0) is 0 Å². The summed E-state index contributed by atoms with van der Waals surface area (Å²) in [4.78, 5) is 11.4. The Morgan fingerprint density at radius 3 is 3.06 bits per heavy atom. The molecule has 0 radical (unpaired) electrons.